The average molecular weight is 1270 g/mol. The molecule has 33 heteroatoms. The Labute approximate surface area is 507 Å². The average Bonchev–Trinajstić information content (AvgIpc) is 1.46. The minimum Gasteiger partial charge on any atom is -0.497 e. The molecule has 26 nitrogen and oxygen atoms in total. The molecule has 0 fully saturated rings. The zero-order valence-corrected chi connectivity index (χ0v) is 49.5. The molecule has 5 N–H and O–H groups in total. The number of nitrogens with zero attached hydrogens (tertiary/aromatic N) is 10. The summed E-state index contributed by atoms with van der Waals surface area (Å²) in [6, 6.07) is 19.5. The van der Waals surface area contributed by atoms with E-state index in [-0.39, 0.29) is 97.4 Å². The van der Waals surface area contributed by atoms with Gasteiger partial charge in [-0.3, -0.25) is 9.59 Å². The molecule has 0 atom stereocenters. The first-order valence-electron chi connectivity index (χ1n) is 25.9. The molecule has 0 spiro atoms. The third kappa shape index (κ3) is 15.2. The van der Waals surface area contributed by atoms with Gasteiger partial charge in [-0.1, -0.05) is 12.1 Å². The number of aromatic nitrogens is 10. The maximum atomic E-state index is 13.7. The fraction of sp³-hybridized carbons (Fsp3) is 0.211. The van der Waals surface area contributed by atoms with Crippen LogP contribution in [0.2, 0.25) is 0 Å². The molecule has 470 valence electrons. The summed E-state index contributed by atoms with van der Waals surface area (Å²) < 4.78 is 143. The van der Waals surface area contributed by atoms with Crippen molar-refractivity contribution < 1.29 is 82.7 Å². The Morgan fingerprint density at radius 3 is 1.33 bits per heavy atom. The summed E-state index contributed by atoms with van der Waals surface area (Å²) in [4.78, 5) is 61.8. The van der Waals surface area contributed by atoms with Crippen LogP contribution in [0.4, 0.5) is 49.6 Å². The van der Waals surface area contributed by atoms with Crippen LogP contribution >= 0.6 is 0 Å². The predicted molar refractivity (Wildman–Crippen MR) is 309 cm³/mol. The van der Waals surface area contributed by atoms with Gasteiger partial charge in [0.05, 0.1) is 47.6 Å². The van der Waals surface area contributed by atoms with Crippen LogP contribution < -0.4 is 49.1 Å². The molecular formula is C57H52F6N14O12S. The molecule has 0 saturated heterocycles. The number of carboxylic acids is 1. The van der Waals surface area contributed by atoms with Crippen molar-refractivity contribution in [1.82, 2.24) is 59.5 Å². The number of carbonyl (C=O) groups excluding carboxylic acids is 2. The van der Waals surface area contributed by atoms with Gasteiger partial charge < -0.3 is 49.5 Å². The van der Waals surface area contributed by atoms with E-state index in [0.717, 1.165) is 21.5 Å². The van der Waals surface area contributed by atoms with Crippen LogP contribution in [0.25, 0.3) is 33.9 Å². The molecule has 0 aliphatic rings. The quantitative estimate of drug-likeness (QED) is 0.0444. The number of hydrogen-bond donors (Lipinski definition) is 5. The number of carboxylic acid groups (broad SMARTS) is 1. The minimum atomic E-state index is -4.77. The Bertz CT molecular complexity index is 4240. The second kappa shape index (κ2) is 26.9. The number of pyridine rings is 2. The zero-order chi connectivity index (χ0) is 65.4. The number of aromatic carboxylic acids is 1. The van der Waals surface area contributed by atoms with Crippen LogP contribution in [0.15, 0.2) is 115 Å². The maximum absolute atomic E-state index is 13.7. The van der Waals surface area contributed by atoms with Crippen molar-refractivity contribution in [2.24, 2.45) is 0 Å². The number of anilines is 4. The van der Waals surface area contributed by atoms with Gasteiger partial charge >= 0.3 is 18.3 Å². The van der Waals surface area contributed by atoms with E-state index in [1.54, 1.807) is 36.4 Å². The lowest BCUT2D eigenvalue weighted by Gasteiger charge is -2.15. The summed E-state index contributed by atoms with van der Waals surface area (Å²) in [5.74, 6) is -1.45. The number of hydrogen-bond acceptors (Lipinski definition) is 21. The van der Waals surface area contributed by atoms with Crippen LogP contribution in [0.5, 0.6) is 34.8 Å². The fourth-order valence-corrected chi connectivity index (χ4v) is 9.32. The standard InChI is InChI=1S/C33H31F3N8O7S.C24H21F3N6O5/c1-18-10-28(33(34,35)36)42-44(18)29-27(17-39-32(41-29)40-22-12-23(49-3)14-24(13-22)50-4)21-11-26(31(51-5)38-16-21)30(46)43-52(47,48)25-8-6-20(7-9-25)15-37-19(2)45;1-12-5-19(24(25,26)27)32-33(12)20-18(13-6-17(22(34)35)21(38-4)28-10-13)11-29-23(31-20)30-14-7-15(36-2)9-16(8-14)37-3/h6-14,16-17H,15H2,1-5H3,(H,37,45)(H,43,46)(H,39,40,41);5-11H,1-4H3,(H,34,35)(H,29,30,31). The first-order chi connectivity index (χ1) is 42.6. The number of sulfonamides is 1. The molecule has 90 heavy (non-hydrogen) atoms. The van der Waals surface area contributed by atoms with Gasteiger partial charge in [-0.25, -0.2) is 47.2 Å². The van der Waals surface area contributed by atoms with E-state index in [2.05, 4.69) is 56.1 Å². The highest BCUT2D eigenvalue weighted by molar-refractivity contribution is 7.90. The lowest BCUT2D eigenvalue weighted by molar-refractivity contribution is -0.142. The lowest BCUT2D eigenvalue weighted by atomic mass is 10.1. The topological polar surface area (TPSA) is 322 Å². The molecule has 0 bridgehead atoms. The number of aryl methyl sites for hydroxylation is 2. The first kappa shape index (κ1) is 64.9. The number of methoxy groups -OCH3 is 6. The number of ether oxygens (including phenoxy) is 6. The van der Waals surface area contributed by atoms with E-state index in [4.69, 9.17) is 28.4 Å². The number of nitrogens with one attached hydrogen (secondary N) is 4. The van der Waals surface area contributed by atoms with Gasteiger partial charge in [0, 0.05) is 120 Å². The smallest absolute Gasteiger partial charge is 0.435 e. The summed E-state index contributed by atoms with van der Waals surface area (Å²) >= 11 is 0. The molecule has 3 aromatic carbocycles. The summed E-state index contributed by atoms with van der Waals surface area (Å²) in [6.45, 7) is 4.35. The number of carbonyl (C=O) groups is 3. The Hall–Kier alpha value is -11.1. The number of amides is 2. The van der Waals surface area contributed by atoms with E-state index in [9.17, 15) is 54.3 Å². The normalized spacial score (nSPS) is 11.4. The molecule has 2 amide bonds. The van der Waals surface area contributed by atoms with Gasteiger partial charge in [-0.15, -0.1) is 0 Å². The highest BCUT2D eigenvalue weighted by Gasteiger charge is 2.37. The highest BCUT2D eigenvalue weighted by Crippen LogP contribution is 2.37. The SMILES string of the molecule is COc1cc(Nc2ncc(-c3cnc(OC)c(C(=O)NS(=O)(=O)c4ccc(CNC(C)=O)cc4)c3)c(-n3nc(C(F)(F)F)cc3C)n2)cc(OC)c1.COc1cc(Nc2ncc(-c3cnc(OC)c(C(=O)O)c3)c(-n3nc(C(F)(F)F)cc3C)n2)cc(OC)c1. The monoisotopic (exact) mass is 1270 g/mol. The van der Waals surface area contributed by atoms with Gasteiger partial charge in [-0.2, -0.15) is 46.5 Å². The maximum Gasteiger partial charge on any atom is 0.435 e. The second-order valence-corrected chi connectivity index (χ2v) is 20.5. The van der Waals surface area contributed by atoms with Crippen LogP contribution in [-0.4, -0.2) is 123 Å². The number of halogens is 6. The number of alkyl halides is 6. The predicted octanol–water partition coefficient (Wildman–Crippen LogP) is 9.09. The molecule has 0 aliphatic heterocycles. The van der Waals surface area contributed by atoms with Crippen molar-refractivity contribution in [3.05, 3.63) is 149 Å². The Morgan fingerprint density at radius 1 is 0.556 bits per heavy atom. The molecule has 0 radical (unpaired) electrons. The van der Waals surface area contributed by atoms with Gasteiger partial charge in [0.25, 0.3) is 15.9 Å². The van der Waals surface area contributed by atoms with Gasteiger partial charge in [0.1, 0.15) is 34.1 Å². The first-order valence-corrected chi connectivity index (χ1v) is 27.4. The van der Waals surface area contributed by atoms with Crippen molar-refractivity contribution in [2.75, 3.05) is 53.3 Å². The molecule has 9 aromatic rings. The number of rotatable bonds is 20. The molecule has 6 heterocycles. The zero-order valence-electron chi connectivity index (χ0n) is 48.7. The largest absolute Gasteiger partial charge is 0.497 e. The Morgan fingerprint density at radius 2 is 0.967 bits per heavy atom. The van der Waals surface area contributed by atoms with Crippen LogP contribution in [-0.2, 0) is 33.7 Å². The molecule has 0 unspecified atom stereocenters. The van der Waals surface area contributed by atoms with E-state index in [1.165, 1.54) is 125 Å². The fourth-order valence-electron chi connectivity index (χ4n) is 8.36. The lowest BCUT2D eigenvalue weighted by Crippen LogP contribution is -2.31. The highest BCUT2D eigenvalue weighted by atomic mass is 32.2. The molecule has 9 rings (SSSR count). The van der Waals surface area contributed by atoms with E-state index >= 15 is 0 Å². The van der Waals surface area contributed by atoms with E-state index in [1.807, 2.05) is 4.72 Å². The Balaban J connectivity index is 0.000000244. The summed E-state index contributed by atoms with van der Waals surface area (Å²) in [5, 5.41) is 25.6. The van der Waals surface area contributed by atoms with Crippen molar-refractivity contribution >= 4 is 51.1 Å². The van der Waals surface area contributed by atoms with Gasteiger partial charge in [0.15, 0.2) is 23.0 Å². The van der Waals surface area contributed by atoms with Crippen LogP contribution in [0.1, 0.15) is 56.0 Å². The third-order valence-corrected chi connectivity index (χ3v) is 14.0. The Kier molecular flexibility index (Phi) is 19.4. The molecule has 0 aliphatic carbocycles. The van der Waals surface area contributed by atoms with Crippen LogP contribution in [0, 0.1) is 13.8 Å². The van der Waals surface area contributed by atoms with E-state index in [0.29, 0.717) is 39.9 Å². The van der Waals surface area contributed by atoms with Crippen LogP contribution in [0.3, 0.4) is 0 Å². The van der Waals surface area contributed by atoms with Crippen molar-refractivity contribution in [1.29, 1.82) is 0 Å². The van der Waals surface area contributed by atoms with E-state index < -0.39 is 45.6 Å². The van der Waals surface area contributed by atoms with Crippen molar-refractivity contribution in [3.63, 3.8) is 0 Å². The minimum absolute atomic E-state index is 0.0162. The molecular weight excluding hydrogens is 1220 g/mol. The summed E-state index contributed by atoms with van der Waals surface area (Å²) in [5.41, 5.74) is -0.567. The molecule has 6 aromatic heterocycles. The molecule has 0 saturated carbocycles. The summed E-state index contributed by atoms with van der Waals surface area (Å²) in [6.07, 6.45) is -4.31. The second-order valence-electron chi connectivity index (χ2n) is 18.8. The third-order valence-electron chi connectivity index (χ3n) is 12.7. The van der Waals surface area contributed by atoms with Gasteiger partial charge in [-0.05, 0) is 55.8 Å². The number of benzene rings is 3. The van der Waals surface area contributed by atoms with Crippen molar-refractivity contribution in [3.8, 4) is 68.6 Å². The van der Waals surface area contributed by atoms with Gasteiger partial charge in [0.2, 0.25) is 29.6 Å². The van der Waals surface area contributed by atoms with Crippen molar-refractivity contribution in [2.45, 2.75) is 44.6 Å². The summed E-state index contributed by atoms with van der Waals surface area (Å²) in [7, 11) is 3.95.